The summed E-state index contributed by atoms with van der Waals surface area (Å²) in [5.74, 6) is -3.39. The summed E-state index contributed by atoms with van der Waals surface area (Å²) in [7, 11) is 1.67. The smallest absolute Gasteiger partial charge is 0.456 e. The molecule has 4 rings (SSSR count). The van der Waals surface area contributed by atoms with Crippen molar-refractivity contribution in [3.63, 3.8) is 0 Å². The van der Waals surface area contributed by atoms with Crippen molar-refractivity contribution < 1.29 is 37.0 Å². The lowest BCUT2D eigenvalue weighted by atomic mass is 9.89. The van der Waals surface area contributed by atoms with Gasteiger partial charge in [-0.2, -0.15) is 13.2 Å². The van der Waals surface area contributed by atoms with Gasteiger partial charge in [0.1, 0.15) is 11.6 Å². The Kier molecular flexibility index (Phi) is 8.44. The Morgan fingerprint density at radius 1 is 0.950 bits per heavy atom. The summed E-state index contributed by atoms with van der Waals surface area (Å²) in [6, 6.07) is 9.57. The number of fused-ring (bicyclic) bond motifs is 1. The van der Waals surface area contributed by atoms with E-state index in [0.29, 0.717) is 23.6 Å². The molecule has 216 valence electrons. The van der Waals surface area contributed by atoms with Crippen LogP contribution in [0.2, 0.25) is 0 Å². The van der Waals surface area contributed by atoms with Crippen LogP contribution in [0.5, 0.6) is 0 Å². The fourth-order valence-electron chi connectivity index (χ4n) is 5.18. The van der Waals surface area contributed by atoms with E-state index < -0.39 is 35.6 Å². The van der Waals surface area contributed by atoms with Gasteiger partial charge < -0.3 is 24.6 Å². The number of hydrogen-bond acceptors (Lipinski definition) is 6. The van der Waals surface area contributed by atoms with Crippen molar-refractivity contribution in [2.24, 2.45) is 0 Å². The molecule has 11 heteroatoms. The Balaban J connectivity index is 1.62. The lowest BCUT2D eigenvalue weighted by Crippen LogP contribution is -2.50. The van der Waals surface area contributed by atoms with Crippen molar-refractivity contribution >= 4 is 29.2 Å². The summed E-state index contributed by atoms with van der Waals surface area (Å²) < 4.78 is 51.5. The molecule has 1 N–H and O–H groups in total. The number of ether oxygens (including phenoxy) is 2. The Hall–Kier alpha value is -3.60. The van der Waals surface area contributed by atoms with Gasteiger partial charge in [-0.15, -0.1) is 0 Å². The van der Waals surface area contributed by atoms with Crippen LogP contribution in [0.25, 0.3) is 0 Å². The SMILES string of the molecule is COC1CCN(c2cccc3c2CCN(C(=O)C(F)(F)F)C3C(=O)Nc2ccc(C(=O)OC(C)(C)C)cc2)CC1. The average Bonchev–Trinajstić information content (AvgIpc) is 2.90. The van der Waals surface area contributed by atoms with E-state index in [9.17, 15) is 27.6 Å². The highest BCUT2D eigenvalue weighted by Crippen LogP contribution is 2.39. The highest BCUT2D eigenvalue weighted by molar-refractivity contribution is 6.00. The Morgan fingerprint density at radius 3 is 2.17 bits per heavy atom. The number of carbonyl (C=O) groups excluding carboxylic acids is 3. The molecular formula is C29H34F3N3O5. The van der Waals surface area contributed by atoms with Gasteiger partial charge in [0.2, 0.25) is 0 Å². The first-order valence-electron chi connectivity index (χ1n) is 13.2. The van der Waals surface area contributed by atoms with Gasteiger partial charge in [-0.05, 0) is 81.5 Å². The molecule has 0 radical (unpaired) electrons. The van der Waals surface area contributed by atoms with Gasteiger partial charge in [-0.1, -0.05) is 12.1 Å². The summed E-state index contributed by atoms with van der Waals surface area (Å²) in [5.41, 5.74) is 1.80. The van der Waals surface area contributed by atoms with Crippen LogP contribution < -0.4 is 10.2 Å². The molecule has 2 aliphatic heterocycles. The van der Waals surface area contributed by atoms with Crippen molar-refractivity contribution in [2.45, 2.75) is 64.0 Å². The van der Waals surface area contributed by atoms with Gasteiger partial charge in [0.15, 0.2) is 0 Å². The minimum absolute atomic E-state index is 0.149. The van der Waals surface area contributed by atoms with Crippen molar-refractivity contribution in [1.29, 1.82) is 0 Å². The van der Waals surface area contributed by atoms with E-state index in [2.05, 4.69) is 10.2 Å². The fourth-order valence-corrected chi connectivity index (χ4v) is 5.18. The van der Waals surface area contributed by atoms with Gasteiger partial charge >= 0.3 is 18.1 Å². The highest BCUT2D eigenvalue weighted by Gasteiger charge is 2.48. The van der Waals surface area contributed by atoms with Crippen LogP contribution >= 0.6 is 0 Å². The number of anilines is 2. The molecule has 0 saturated carbocycles. The third kappa shape index (κ3) is 6.57. The molecule has 1 atom stereocenters. The molecule has 0 spiro atoms. The van der Waals surface area contributed by atoms with Crippen LogP contribution in [0.15, 0.2) is 42.5 Å². The molecule has 0 aromatic heterocycles. The number of methoxy groups -OCH3 is 1. The van der Waals surface area contributed by atoms with Crippen LogP contribution in [0, 0.1) is 0 Å². The summed E-state index contributed by atoms with van der Waals surface area (Å²) in [5, 5.41) is 2.63. The predicted molar refractivity (Wildman–Crippen MR) is 143 cm³/mol. The maximum absolute atomic E-state index is 13.6. The van der Waals surface area contributed by atoms with Crippen LogP contribution in [-0.2, 0) is 25.5 Å². The number of carbonyl (C=O) groups is 3. The number of piperidine rings is 1. The van der Waals surface area contributed by atoms with Gasteiger partial charge in [-0.3, -0.25) is 9.59 Å². The third-order valence-corrected chi connectivity index (χ3v) is 7.05. The van der Waals surface area contributed by atoms with Crippen molar-refractivity contribution in [2.75, 3.05) is 37.0 Å². The zero-order chi connectivity index (χ0) is 29.2. The minimum atomic E-state index is -5.13. The van der Waals surface area contributed by atoms with E-state index in [4.69, 9.17) is 9.47 Å². The number of nitrogens with zero attached hydrogens (tertiary/aromatic N) is 2. The zero-order valence-electron chi connectivity index (χ0n) is 23.0. The molecule has 0 aliphatic carbocycles. The molecule has 1 fully saturated rings. The second-order valence-electron chi connectivity index (χ2n) is 11.0. The highest BCUT2D eigenvalue weighted by atomic mass is 19.4. The maximum atomic E-state index is 13.6. The van der Waals surface area contributed by atoms with Crippen LogP contribution in [-0.4, -0.2) is 67.3 Å². The molecule has 2 amide bonds. The molecule has 0 bridgehead atoms. The summed E-state index contributed by atoms with van der Waals surface area (Å²) in [6.45, 7) is 6.38. The van der Waals surface area contributed by atoms with E-state index in [1.54, 1.807) is 40.0 Å². The molecule has 40 heavy (non-hydrogen) atoms. The summed E-state index contributed by atoms with van der Waals surface area (Å²) in [6.07, 6.45) is -3.18. The van der Waals surface area contributed by atoms with E-state index in [1.807, 2.05) is 6.07 Å². The lowest BCUT2D eigenvalue weighted by Gasteiger charge is -2.40. The third-order valence-electron chi connectivity index (χ3n) is 7.05. The minimum Gasteiger partial charge on any atom is -0.456 e. The summed E-state index contributed by atoms with van der Waals surface area (Å²) in [4.78, 5) is 41.0. The zero-order valence-corrected chi connectivity index (χ0v) is 23.0. The van der Waals surface area contributed by atoms with Crippen LogP contribution in [0.1, 0.15) is 61.1 Å². The number of nitrogens with one attached hydrogen (secondary N) is 1. The van der Waals surface area contributed by atoms with Crippen molar-refractivity contribution in [3.05, 3.63) is 59.2 Å². The van der Waals surface area contributed by atoms with Gasteiger partial charge in [0.05, 0.1) is 11.7 Å². The Bertz CT molecular complexity index is 1250. The molecule has 8 nitrogen and oxygen atoms in total. The first kappa shape index (κ1) is 29.4. The predicted octanol–water partition coefficient (Wildman–Crippen LogP) is 4.88. The van der Waals surface area contributed by atoms with E-state index in [-0.39, 0.29) is 30.3 Å². The monoisotopic (exact) mass is 561 g/mol. The first-order chi connectivity index (χ1) is 18.8. The topological polar surface area (TPSA) is 88.2 Å². The van der Waals surface area contributed by atoms with Crippen LogP contribution in [0.4, 0.5) is 24.5 Å². The quantitative estimate of drug-likeness (QED) is 0.524. The standard InChI is InChI=1S/C29H34F3N3O5/c1-28(2,3)40-26(37)18-8-10-19(11-9-18)33-25(36)24-22-6-5-7-23(34-15-12-20(39-4)13-16-34)21(22)14-17-35(24)27(38)29(30,31)32/h5-11,20,24H,12-17H2,1-4H3,(H,33,36). The molecule has 1 saturated heterocycles. The molecule has 2 aromatic carbocycles. The summed E-state index contributed by atoms with van der Waals surface area (Å²) >= 11 is 0. The van der Waals surface area contributed by atoms with Gasteiger partial charge in [-0.25, -0.2) is 4.79 Å². The number of rotatable bonds is 5. The van der Waals surface area contributed by atoms with E-state index in [1.165, 1.54) is 24.3 Å². The molecule has 2 heterocycles. The second kappa shape index (κ2) is 11.5. The molecular weight excluding hydrogens is 527 g/mol. The molecule has 2 aromatic rings. The van der Waals surface area contributed by atoms with Gasteiger partial charge in [0, 0.05) is 38.1 Å². The average molecular weight is 562 g/mol. The second-order valence-corrected chi connectivity index (χ2v) is 11.0. The fraction of sp³-hybridized carbons (Fsp3) is 0.483. The van der Waals surface area contributed by atoms with E-state index >= 15 is 0 Å². The Labute approximate surface area is 231 Å². The number of hydrogen-bond donors (Lipinski definition) is 1. The molecule has 2 aliphatic rings. The van der Waals surface area contributed by atoms with Gasteiger partial charge in [0.25, 0.3) is 5.91 Å². The van der Waals surface area contributed by atoms with Crippen molar-refractivity contribution in [3.8, 4) is 0 Å². The van der Waals surface area contributed by atoms with Crippen LogP contribution in [0.3, 0.4) is 0 Å². The number of esters is 1. The number of halogens is 3. The Morgan fingerprint density at radius 2 is 1.60 bits per heavy atom. The lowest BCUT2D eigenvalue weighted by molar-refractivity contribution is -0.188. The van der Waals surface area contributed by atoms with Crippen molar-refractivity contribution in [1.82, 2.24) is 4.90 Å². The first-order valence-corrected chi connectivity index (χ1v) is 13.2. The molecule has 1 unspecified atom stereocenters. The number of benzene rings is 2. The number of alkyl halides is 3. The largest absolute Gasteiger partial charge is 0.471 e. The maximum Gasteiger partial charge on any atom is 0.471 e. The normalized spacial score (nSPS) is 18.2. The number of amides is 2. The van der Waals surface area contributed by atoms with E-state index in [0.717, 1.165) is 24.1 Å².